The van der Waals surface area contributed by atoms with Crippen LogP contribution in [0.3, 0.4) is 0 Å². The second-order valence-corrected chi connectivity index (χ2v) is 5.57. The van der Waals surface area contributed by atoms with Crippen molar-refractivity contribution in [3.8, 4) is 5.75 Å². The number of hydrogen-bond donors (Lipinski definition) is 1. The number of rotatable bonds is 6. The van der Waals surface area contributed by atoms with Gasteiger partial charge in [-0.25, -0.2) is 4.39 Å². The zero-order chi connectivity index (χ0) is 18.8. The average Bonchev–Trinajstić information content (AvgIpc) is 2.86. The number of amides is 2. The molecule has 0 saturated heterocycles. The lowest BCUT2D eigenvalue weighted by atomic mass is 10.1. The number of imide groups is 1. The van der Waals surface area contributed by atoms with Crippen LogP contribution in [0.15, 0.2) is 42.5 Å². The predicted octanol–water partition coefficient (Wildman–Crippen LogP) is 1.77. The molecular formula is C17H13FN2O6. The van der Waals surface area contributed by atoms with E-state index in [9.17, 15) is 29.2 Å². The number of hydrogen-bond acceptors (Lipinski definition) is 6. The number of ether oxygens (including phenoxy) is 1. The number of aliphatic hydroxyl groups is 1. The van der Waals surface area contributed by atoms with Crippen LogP contribution in [0.5, 0.6) is 5.75 Å². The Kier molecular flexibility index (Phi) is 4.63. The molecule has 0 spiro atoms. The van der Waals surface area contributed by atoms with Gasteiger partial charge in [0.05, 0.1) is 17.0 Å². The van der Waals surface area contributed by atoms with Crippen molar-refractivity contribution in [2.75, 3.05) is 13.2 Å². The molecule has 134 valence electrons. The lowest BCUT2D eigenvalue weighted by molar-refractivity contribution is -0.385. The van der Waals surface area contributed by atoms with E-state index in [4.69, 9.17) is 4.74 Å². The van der Waals surface area contributed by atoms with Crippen molar-refractivity contribution in [2.24, 2.45) is 0 Å². The van der Waals surface area contributed by atoms with Gasteiger partial charge >= 0.3 is 0 Å². The van der Waals surface area contributed by atoms with Crippen LogP contribution in [0.1, 0.15) is 20.7 Å². The number of aliphatic hydroxyl groups excluding tert-OH is 1. The highest BCUT2D eigenvalue weighted by molar-refractivity contribution is 6.23. The number of nitrogens with zero attached hydrogens (tertiary/aromatic N) is 2. The monoisotopic (exact) mass is 360 g/mol. The fraction of sp³-hybridized carbons (Fsp3) is 0.176. The van der Waals surface area contributed by atoms with Crippen molar-refractivity contribution in [2.45, 2.75) is 6.10 Å². The Hall–Kier alpha value is -3.33. The molecule has 2 aromatic rings. The smallest absolute Gasteiger partial charge is 0.282 e. The van der Waals surface area contributed by atoms with E-state index in [-0.39, 0.29) is 23.5 Å². The number of carbonyl (C=O) groups is 2. The first-order valence-corrected chi connectivity index (χ1v) is 7.59. The van der Waals surface area contributed by atoms with Crippen molar-refractivity contribution in [3.63, 3.8) is 0 Å². The molecular weight excluding hydrogens is 347 g/mol. The Balaban J connectivity index is 1.72. The fourth-order valence-electron chi connectivity index (χ4n) is 2.64. The summed E-state index contributed by atoms with van der Waals surface area (Å²) in [5.74, 6) is -2.29. The predicted molar refractivity (Wildman–Crippen MR) is 86.4 cm³/mol. The van der Waals surface area contributed by atoms with Gasteiger partial charge < -0.3 is 9.84 Å². The van der Waals surface area contributed by atoms with Crippen molar-refractivity contribution in [1.82, 2.24) is 4.90 Å². The topological polar surface area (TPSA) is 110 Å². The summed E-state index contributed by atoms with van der Waals surface area (Å²) in [6, 6.07) is 9.33. The highest BCUT2D eigenvalue weighted by atomic mass is 19.1. The van der Waals surface area contributed by atoms with Gasteiger partial charge in [-0.05, 0) is 18.2 Å². The number of nitro groups is 1. The molecule has 1 atom stereocenters. The van der Waals surface area contributed by atoms with E-state index in [0.717, 1.165) is 6.07 Å². The van der Waals surface area contributed by atoms with Crippen molar-refractivity contribution in [1.29, 1.82) is 0 Å². The standard InChI is InChI=1S/C17H13FN2O6/c18-12-5-1-2-7-14(12)26-9-10(21)8-19-16(22)11-4-3-6-13(20(24)25)15(11)17(19)23/h1-7,10,21H,8-9H2/t10-/m1/s1. The van der Waals surface area contributed by atoms with Gasteiger partial charge in [0, 0.05) is 6.07 Å². The number of nitro benzene ring substituents is 1. The molecule has 3 rings (SSSR count). The third-order valence-electron chi connectivity index (χ3n) is 3.83. The van der Waals surface area contributed by atoms with E-state index in [1.165, 1.54) is 30.3 Å². The summed E-state index contributed by atoms with van der Waals surface area (Å²) in [4.78, 5) is 35.7. The van der Waals surface area contributed by atoms with E-state index in [1.54, 1.807) is 6.07 Å². The SMILES string of the molecule is O=C1c2cccc([N+](=O)[O-])c2C(=O)N1C[C@@H](O)COc1ccccc1F. The van der Waals surface area contributed by atoms with Crippen LogP contribution in [0.25, 0.3) is 0 Å². The van der Waals surface area contributed by atoms with Gasteiger partial charge in [0.1, 0.15) is 18.3 Å². The molecule has 0 aliphatic carbocycles. The molecule has 0 fully saturated rings. The first-order chi connectivity index (χ1) is 12.4. The molecule has 2 amide bonds. The van der Waals surface area contributed by atoms with Gasteiger partial charge in [0.15, 0.2) is 11.6 Å². The summed E-state index contributed by atoms with van der Waals surface area (Å²) in [6.07, 6.45) is -1.30. The largest absolute Gasteiger partial charge is 0.488 e. The highest BCUT2D eigenvalue weighted by Gasteiger charge is 2.41. The number of β-amino-alcohol motifs (C(OH)–C–C–N with tert-alkyl or cyclic N) is 1. The van der Waals surface area contributed by atoms with Gasteiger partial charge in [-0.1, -0.05) is 18.2 Å². The lowest BCUT2D eigenvalue weighted by Gasteiger charge is -2.18. The van der Waals surface area contributed by atoms with Gasteiger partial charge in [-0.2, -0.15) is 0 Å². The second-order valence-electron chi connectivity index (χ2n) is 5.57. The third kappa shape index (κ3) is 3.11. The number of para-hydroxylation sites is 1. The van der Waals surface area contributed by atoms with Crippen LogP contribution in [-0.2, 0) is 0 Å². The molecule has 0 radical (unpaired) electrons. The highest BCUT2D eigenvalue weighted by Crippen LogP contribution is 2.30. The zero-order valence-electron chi connectivity index (χ0n) is 13.3. The minimum atomic E-state index is -1.30. The van der Waals surface area contributed by atoms with E-state index in [1.807, 2.05) is 0 Å². The number of fused-ring (bicyclic) bond motifs is 1. The van der Waals surface area contributed by atoms with Crippen LogP contribution in [0.4, 0.5) is 10.1 Å². The lowest BCUT2D eigenvalue weighted by Crippen LogP contribution is -2.39. The first-order valence-electron chi connectivity index (χ1n) is 7.59. The Morgan fingerprint density at radius 3 is 2.58 bits per heavy atom. The number of carbonyl (C=O) groups excluding carboxylic acids is 2. The molecule has 0 saturated carbocycles. The molecule has 26 heavy (non-hydrogen) atoms. The number of benzene rings is 2. The van der Waals surface area contributed by atoms with Crippen LogP contribution >= 0.6 is 0 Å². The Morgan fingerprint density at radius 1 is 1.15 bits per heavy atom. The van der Waals surface area contributed by atoms with Crippen molar-refractivity contribution >= 4 is 17.5 Å². The van der Waals surface area contributed by atoms with Gasteiger partial charge in [-0.3, -0.25) is 24.6 Å². The van der Waals surface area contributed by atoms with Crippen molar-refractivity contribution in [3.05, 3.63) is 69.5 Å². The summed E-state index contributed by atoms with van der Waals surface area (Å²) in [5.41, 5.74) is -0.864. The average molecular weight is 360 g/mol. The maximum atomic E-state index is 13.5. The summed E-state index contributed by atoms with van der Waals surface area (Å²) in [5, 5.41) is 21.1. The molecule has 8 nitrogen and oxygen atoms in total. The minimum absolute atomic E-state index is 0.0791. The second kappa shape index (κ2) is 6.89. The normalized spacial score (nSPS) is 14.3. The van der Waals surface area contributed by atoms with Gasteiger partial charge in [0.2, 0.25) is 0 Å². The molecule has 9 heteroatoms. The number of halogens is 1. The molecule has 0 aromatic heterocycles. The minimum Gasteiger partial charge on any atom is -0.488 e. The maximum absolute atomic E-state index is 13.5. The molecule has 2 aromatic carbocycles. The molecule has 1 heterocycles. The first kappa shape index (κ1) is 17.5. The summed E-state index contributed by atoms with van der Waals surface area (Å²) >= 11 is 0. The molecule has 0 bridgehead atoms. The third-order valence-corrected chi connectivity index (χ3v) is 3.83. The van der Waals surface area contributed by atoms with E-state index < -0.39 is 40.9 Å². The maximum Gasteiger partial charge on any atom is 0.282 e. The molecule has 1 N–H and O–H groups in total. The van der Waals surface area contributed by atoms with Crippen molar-refractivity contribution < 1.29 is 28.7 Å². The summed E-state index contributed by atoms with van der Waals surface area (Å²) in [6.45, 7) is -0.797. The summed E-state index contributed by atoms with van der Waals surface area (Å²) in [7, 11) is 0. The van der Waals surface area contributed by atoms with E-state index in [0.29, 0.717) is 4.90 Å². The Labute approximate surface area is 146 Å². The van der Waals surface area contributed by atoms with E-state index >= 15 is 0 Å². The van der Waals surface area contributed by atoms with Crippen LogP contribution < -0.4 is 4.74 Å². The molecule has 1 aliphatic rings. The van der Waals surface area contributed by atoms with Crippen LogP contribution in [0, 0.1) is 15.9 Å². The van der Waals surface area contributed by atoms with Crippen LogP contribution in [-0.4, -0.2) is 46.0 Å². The zero-order valence-corrected chi connectivity index (χ0v) is 13.3. The Bertz CT molecular complexity index is 901. The van der Waals surface area contributed by atoms with Gasteiger partial charge in [0.25, 0.3) is 17.5 Å². The quantitative estimate of drug-likeness (QED) is 0.478. The molecule has 0 unspecified atom stereocenters. The fourth-order valence-corrected chi connectivity index (χ4v) is 2.64. The van der Waals surface area contributed by atoms with Crippen LogP contribution in [0.2, 0.25) is 0 Å². The van der Waals surface area contributed by atoms with Gasteiger partial charge in [-0.15, -0.1) is 0 Å². The Morgan fingerprint density at radius 2 is 1.88 bits per heavy atom. The molecule has 1 aliphatic heterocycles. The van der Waals surface area contributed by atoms with E-state index in [2.05, 4.69) is 0 Å². The summed E-state index contributed by atoms with van der Waals surface area (Å²) < 4.78 is 18.6.